The Kier molecular flexibility index (Phi) is 2.54. The fourth-order valence-corrected chi connectivity index (χ4v) is 3.82. The van der Waals surface area contributed by atoms with Gasteiger partial charge in [-0.3, -0.25) is 0 Å². The Balaban J connectivity index is 1.82. The number of nitrogens with two attached hydrogens (primary N) is 1. The Morgan fingerprint density at radius 3 is 3.11 bits per heavy atom. The van der Waals surface area contributed by atoms with Crippen LogP contribution in [0.3, 0.4) is 0 Å². The summed E-state index contributed by atoms with van der Waals surface area (Å²) in [5.41, 5.74) is 6.92. The Labute approximate surface area is 116 Å². The number of anilines is 1. The monoisotopic (exact) mass is 293 g/mol. The van der Waals surface area contributed by atoms with Gasteiger partial charge >= 0.3 is 0 Å². The van der Waals surface area contributed by atoms with E-state index in [1.165, 1.54) is 22.7 Å². The zero-order valence-corrected chi connectivity index (χ0v) is 11.6. The van der Waals surface area contributed by atoms with Gasteiger partial charge in [0, 0.05) is 18.1 Å². The lowest BCUT2D eigenvalue weighted by Gasteiger charge is -2.01. The number of nitrogens with zero attached hydrogens (tertiary/aromatic N) is 4. The first-order chi connectivity index (χ1) is 9.33. The highest BCUT2D eigenvalue weighted by Crippen LogP contribution is 2.34. The van der Waals surface area contributed by atoms with E-state index < -0.39 is 0 Å². The summed E-state index contributed by atoms with van der Waals surface area (Å²) in [7, 11) is 0. The number of hydrogen-bond acceptors (Lipinski definition) is 7. The summed E-state index contributed by atoms with van der Waals surface area (Å²) in [5, 5.41) is 16.7. The van der Waals surface area contributed by atoms with Crippen molar-refractivity contribution in [1.29, 1.82) is 0 Å². The van der Waals surface area contributed by atoms with Gasteiger partial charge in [0.1, 0.15) is 0 Å². The predicted molar refractivity (Wildman–Crippen MR) is 74.6 cm³/mol. The lowest BCUT2D eigenvalue weighted by molar-refractivity contribution is 0.193. The normalized spacial score (nSPS) is 19.5. The third-order valence-electron chi connectivity index (χ3n) is 3.24. The van der Waals surface area contributed by atoms with Crippen LogP contribution in [0.5, 0.6) is 0 Å². The summed E-state index contributed by atoms with van der Waals surface area (Å²) >= 11 is 3.03. The summed E-state index contributed by atoms with van der Waals surface area (Å²) in [6.45, 7) is 1.49. The summed E-state index contributed by atoms with van der Waals surface area (Å²) in [6.07, 6.45) is 0.980. The Hall–Kier alpha value is -1.51. The number of fused-ring (bicyclic) bond motifs is 1. The van der Waals surface area contributed by atoms with Crippen LogP contribution in [0.25, 0.3) is 15.5 Å². The molecule has 1 atom stereocenters. The second kappa shape index (κ2) is 4.26. The maximum Gasteiger partial charge on any atom is 0.234 e. The highest BCUT2D eigenvalue weighted by atomic mass is 32.1. The van der Waals surface area contributed by atoms with Gasteiger partial charge in [0.25, 0.3) is 0 Å². The molecular formula is C11H11N5OS2. The molecule has 4 heterocycles. The molecule has 0 aliphatic carbocycles. The zero-order valence-electron chi connectivity index (χ0n) is 9.94. The predicted octanol–water partition coefficient (Wildman–Crippen LogP) is 2.00. The first-order valence-electron chi connectivity index (χ1n) is 5.96. The van der Waals surface area contributed by atoms with Crippen LogP contribution in [-0.2, 0) is 4.74 Å². The number of nitrogen functional groups attached to an aromatic ring is 1. The maximum absolute atomic E-state index is 5.94. The van der Waals surface area contributed by atoms with E-state index in [9.17, 15) is 0 Å². The highest BCUT2D eigenvalue weighted by molar-refractivity contribution is 7.20. The lowest BCUT2D eigenvalue weighted by Crippen LogP contribution is -2.04. The second-order valence-corrected chi connectivity index (χ2v) is 6.32. The number of ether oxygens (including phenoxy) is 1. The molecule has 0 aromatic carbocycles. The number of rotatable bonds is 2. The molecule has 0 radical (unpaired) electrons. The fourth-order valence-electron chi connectivity index (χ4n) is 2.23. The van der Waals surface area contributed by atoms with Crippen LogP contribution >= 0.6 is 22.7 Å². The topological polar surface area (TPSA) is 78.3 Å². The van der Waals surface area contributed by atoms with Crippen LogP contribution in [0, 0.1) is 0 Å². The van der Waals surface area contributed by atoms with Crippen molar-refractivity contribution < 1.29 is 4.74 Å². The van der Waals surface area contributed by atoms with E-state index in [-0.39, 0.29) is 0 Å². The minimum Gasteiger partial charge on any atom is -0.390 e. The molecule has 6 nitrogen and oxygen atoms in total. The summed E-state index contributed by atoms with van der Waals surface area (Å²) in [4.78, 5) is 0.808. The minimum absolute atomic E-state index is 0.296. The van der Waals surface area contributed by atoms with Crippen LogP contribution in [0.15, 0.2) is 11.4 Å². The largest absolute Gasteiger partial charge is 0.390 e. The van der Waals surface area contributed by atoms with E-state index in [4.69, 9.17) is 10.5 Å². The Bertz CT molecular complexity index is 724. The molecule has 0 spiro atoms. The summed E-state index contributed by atoms with van der Waals surface area (Å²) in [5.74, 6) is 1.19. The molecular weight excluding hydrogens is 282 g/mol. The molecule has 3 aromatic heterocycles. The van der Waals surface area contributed by atoms with E-state index in [1.54, 1.807) is 0 Å². The Morgan fingerprint density at radius 2 is 2.37 bits per heavy atom. The number of thiophene rings is 1. The van der Waals surface area contributed by atoms with Gasteiger partial charge in [0.05, 0.1) is 11.6 Å². The minimum atomic E-state index is 0.296. The van der Waals surface area contributed by atoms with Gasteiger partial charge in [-0.1, -0.05) is 11.3 Å². The highest BCUT2D eigenvalue weighted by Gasteiger charge is 2.25. The average Bonchev–Trinajstić information content (AvgIpc) is 3.10. The molecule has 0 saturated carbocycles. The van der Waals surface area contributed by atoms with Gasteiger partial charge in [-0.2, -0.15) is 9.61 Å². The first kappa shape index (κ1) is 11.3. The summed E-state index contributed by atoms with van der Waals surface area (Å²) in [6, 6.07) is 1.99. The third kappa shape index (κ3) is 1.75. The summed E-state index contributed by atoms with van der Waals surface area (Å²) < 4.78 is 7.23. The molecule has 1 unspecified atom stereocenters. The van der Waals surface area contributed by atoms with Crippen molar-refractivity contribution in [3.8, 4) is 10.6 Å². The first-order valence-corrected chi connectivity index (χ1v) is 7.66. The molecule has 3 aromatic rings. The van der Waals surface area contributed by atoms with Gasteiger partial charge in [0.15, 0.2) is 10.8 Å². The van der Waals surface area contributed by atoms with Gasteiger partial charge < -0.3 is 10.5 Å². The van der Waals surface area contributed by atoms with Crippen LogP contribution < -0.4 is 5.73 Å². The van der Waals surface area contributed by atoms with E-state index >= 15 is 0 Å². The third-order valence-corrected chi connectivity index (χ3v) is 4.91. The Morgan fingerprint density at radius 1 is 1.42 bits per heavy atom. The van der Waals surface area contributed by atoms with Crippen molar-refractivity contribution in [1.82, 2.24) is 19.8 Å². The van der Waals surface area contributed by atoms with Crippen molar-refractivity contribution in [3.05, 3.63) is 17.3 Å². The quantitative estimate of drug-likeness (QED) is 0.782. The zero-order chi connectivity index (χ0) is 12.8. The standard InChI is InChI=1S/C11H11N5OS2/c12-8-7(2-4-18-8)10-15-16-9(6-1-3-17-5-6)13-14-11(16)19-10/h2,4,6H,1,3,5,12H2. The van der Waals surface area contributed by atoms with Crippen LogP contribution in [0.4, 0.5) is 5.00 Å². The van der Waals surface area contributed by atoms with Crippen molar-refractivity contribution in [2.24, 2.45) is 0 Å². The molecule has 1 saturated heterocycles. The molecule has 4 rings (SSSR count). The van der Waals surface area contributed by atoms with Crippen molar-refractivity contribution in [2.45, 2.75) is 12.3 Å². The molecule has 1 aliphatic rings. The molecule has 0 amide bonds. The maximum atomic E-state index is 5.94. The molecule has 8 heteroatoms. The van der Waals surface area contributed by atoms with E-state index in [1.807, 2.05) is 16.0 Å². The molecule has 2 N–H and O–H groups in total. The van der Waals surface area contributed by atoms with Crippen molar-refractivity contribution in [3.63, 3.8) is 0 Å². The molecule has 0 bridgehead atoms. The van der Waals surface area contributed by atoms with Gasteiger partial charge in [-0.15, -0.1) is 21.5 Å². The van der Waals surface area contributed by atoms with E-state index in [0.29, 0.717) is 12.5 Å². The van der Waals surface area contributed by atoms with E-state index in [0.717, 1.165) is 39.4 Å². The van der Waals surface area contributed by atoms with Crippen LogP contribution in [0.2, 0.25) is 0 Å². The van der Waals surface area contributed by atoms with Crippen LogP contribution in [-0.4, -0.2) is 33.0 Å². The number of aromatic nitrogens is 4. The van der Waals surface area contributed by atoms with Crippen molar-refractivity contribution >= 4 is 32.6 Å². The van der Waals surface area contributed by atoms with Gasteiger partial charge in [-0.25, -0.2) is 0 Å². The molecule has 1 fully saturated rings. The molecule has 19 heavy (non-hydrogen) atoms. The van der Waals surface area contributed by atoms with Crippen LogP contribution in [0.1, 0.15) is 18.2 Å². The smallest absolute Gasteiger partial charge is 0.234 e. The number of hydrogen-bond donors (Lipinski definition) is 1. The average molecular weight is 293 g/mol. The van der Waals surface area contributed by atoms with E-state index in [2.05, 4.69) is 15.3 Å². The molecule has 1 aliphatic heterocycles. The van der Waals surface area contributed by atoms with Crippen molar-refractivity contribution in [2.75, 3.05) is 18.9 Å². The molecule has 98 valence electrons. The fraction of sp³-hybridized carbons (Fsp3) is 0.364. The van der Waals surface area contributed by atoms with Gasteiger partial charge in [0.2, 0.25) is 4.96 Å². The second-order valence-electron chi connectivity index (χ2n) is 4.42. The SMILES string of the molecule is Nc1sccc1-c1nn2c(C3CCOC3)nnc2s1. The lowest BCUT2D eigenvalue weighted by atomic mass is 10.1. The van der Waals surface area contributed by atoms with Gasteiger partial charge in [-0.05, 0) is 17.9 Å².